The number of nitrogens with one attached hydrogen (secondary N) is 1. The zero-order valence-corrected chi connectivity index (χ0v) is 13.2. The molecule has 0 aliphatic rings. The van der Waals surface area contributed by atoms with Crippen LogP contribution >= 0.6 is 0 Å². The Kier molecular flexibility index (Phi) is 6.05. The predicted molar refractivity (Wildman–Crippen MR) is 83.1 cm³/mol. The van der Waals surface area contributed by atoms with Crippen molar-refractivity contribution >= 4 is 11.8 Å². The number of nitrogen functional groups attached to an aromatic ring is 1. The first-order valence-corrected chi connectivity index (χ1v) is 6.81. The average Bonchev–Trinajstić information content (AvgIpc) is 2.38. The Morgan fingerprint density at radius 2 is 2.09 bits per heavy atom. The van der Waals surface area contributed by atoms with Gasteiger partial charge >= 0.3 is 6.09 Å². The smallest absolute Gasteiger partial charge is 0.407 e. The number of hydrogen-bond donors (Lipinski definition) is 2. The molecular formula is C16H21FN2O3. The van der Waals surface area contributed by atoms with Crippen LogP contribution in [0, 0.1) is 17.7 Å². The van der Waals surface area contributed by atoms with E-state index in [1.165, 1.54) is 19.2 Å². The van der Waals surface area contributed by atoms with Crippen molar-refractivity contribution in [2.24, 2.45) is 0 Å². The number of hydrogen-bond acceptors (Lipinski definition) is 4. The molecule has 0 unspecified atom stereocenters. The zero-order chi connectivity index (χ0) is 16.8. The summed E-state index contributed by atoms with van der Waals surface area (Å²) in [5.41, 5.74) is 5.46. The van der Waals surface area contributed by atoms with Crippen LogP contribution in [0.2, 0.25) is 0 Å². The molecule has 120 valence electrons. The molecular weight excluding hydrogens is 287 g/mol. The van der Waals surface area contributed by atoms with Gasteiger partial charge in [0.05, 0.1) is 18.4 Å². The number of ether oxygens (including phenoxy) is 2. The lowest BCUT2D eigenvalue weighted by Gasteiger charge is -2.19. The molecule has 0 saturated carbocycles. The monoisotopic (exact) mass is 308 g/mol. The van der Waals surface area contributed by atoms with Crippen LogP contribution in [0.15, 0.2) is 12.1 Å². The van der Waals surface area contributed by atoms with E-state index in [2.05, 4.69) is 17.2 Å². The van der Waals surface area contributed by atoms with Gasteiger partial charge in [0, 0.05) is 25.1 Å². The minimum absolute atomic E-state index is 0.198. The van der Waals surface area contributed by atoms with Crippen LogP contribution in [0.25, 0.3) is 0 Å². The van der Waals surface area contributed by atoms with Crippen molar-refractivity contribution in [1.82, 2.24) is 5.32 Å². The molecule has 3 N–H and O–H groups in total. The average molecular weight is 308 g/mol. The maximum absolute atomic E-state index is 13.7. The van der Waals surface area contributed by atoms with Gasteiger partial charge in [0.25, 0.3) is 0 Å². The molecule has 1 aromatic carbocycles. The number of halogens is 1. The summed E-state index contributed by atoms with van der Waals surface area (Å²) in [6.07, 6.45) is -0.139. The molecule has 0 atom stereocenters. The Morgan fingerprint density at radius 1 is 1.41 bits per heavy atom. The molecule has 0 aromatic heterocycles. The van der Waals surface area contributed by atoms with Crippen molar-refractivity contribution in [2.45, 2.75) is 32.8 Å². The van der Waals surface area contributed by atoms with Crippen LogP contribution in [0.3, 0.4) is 0 Å². The highest BCUT2D eigenvalue weighted by molar-refractivity contribution is 5.67. The van der Waals surface area contributed by atoms with Crippen LogP contribution in [0.1, 0.15) is 32.8 Å². The molecule has 5 nitrogen and oxygen atoms in total. The molecule has 0 aliphatic heterocycles. The van der Waals surface area contributed by atoms with Crippen molar-refractivity contribution in [3.8, 4) is 17.6 Å². The number of benzene rings is 1. The van der Waals surface area contributed by atoms with E-state index in [4.69, 9.17) is 15.2 Å². The summed E-state index contributed by atoms with van der Waals surface area (Å²) in [4.78, 5) is 11.4. The predicted octanol–water partition coefficient (Wildman–Crippen LogP) is 2.68. The van der Waals surface area contributed by atoms with E-state index in [1.807, 2.05) is 0 Å². The number of alkyl carbamates (subject to hydrolysis) is 1. The lowest BCUT2D eigenvalue weighted by molar-refractivity contribution is 0.0529. The first-order valence-electron chi connectivity index (χ1n) is 6.81. The maximum atomic E-state index is 13.7. The standard InChI is InChI=1S/C16H21FN2O3/c1-16(2,3)22-15(20)19-8-6-5-7-11-9-14(21-4)13(18)10-12(11)17/h9-10H,6,8,18H2,1-4H3,(H,19,20). The molecule has 22 heavy (non-hydrogen) atoms. The third kappa shape index (κ3) is 5.92. The van der Waals surface area contributed by atoms with Crippen LogP contribution in [-0.2, 0) is 4.74 Å². The Labute approximate surface area is 130 Å². The molecule has 1 amide bonds. The normalized spacial score (nSPS) is 10.4. The van der Waals surface area contributed by atoms with Crippen molar-refractivity contribution in [3.63, 3.8) is 0 Å². The fourth-order valence-electron chi connectivity index (χ4n) is 1.54. The van der Waals surface area contributed by atoms with Crippen molar-refractivity contribution in [1.29, 1.82) is 0 Å². The van der Waals surface area contributed by atoms with E-state index in [9.17, 15) is 9.18 Å². The van der Waals surface area contributed by atoms with Crippen LogP contribution < -0.4 is 15.8 Å². The van der Waals surface area contributed by atoms with Crippen LogP contribution in [-0.4, -0.2) is 25.3 Å². The number of nitrogens with two attached hydrogens (primary N) is 1. The molecule has 0 heterocycles. The molecule has 0 bridgehead atoms. The molecule has 1 aromatic rings. The number of carbonyl (C=O) groups is 1. The van der Waals surface area contributed by atoms with Gasteiger partial charge in [-0.15, -0.1) is 0 Å². The van der Waals surface area contributed by atoms with Gasteiger partial charge in [-0.25, -0.2) is 9.18 Å². The minimum atomic E-state index is -0.542. The van der Waals surface area contributed by atoms with E-state index in [0.717, 1.165) is 0 Å². The number of rotatable bonds is 3. The van der Waals surface area contributed by atoms with Crippen LogP contribution in [0.4, 0.5) is 14.9 Å². The summed E-state index contributed by atoms with van der Waals surface area (Å²) in [6.45, 7) is 5.66. The largest absolute Gasteiger partial charge is 0.495 e. The Morgan fingerprint density at radius 3 is 2.68 bits per heavy atom. The quantitative estimate of drug-likeness (QED) is 0.511. The van der Waals surface area contributed by atoms with Crippen LogP contribution in [0.5, 0.6) is 5.75 Å². The molecule has 0 radical (unpaired) electrons. The molecule has 0 saturated heterocycles. The Balaban J connectivity index is 2.53. The number of carbonyl (C=O) groups excluding carboxylic acids is 1. The third-order valence-corrected chi connectivity index (χ3v) is 2.46. The fraction of sp³-hybridized carbons (Fsp3) is 0.438. The lowest BCUT2D eigenvalue weighted by atomic mass is 10.1. The number of anilines is 1. The van der Waals surface area contributed by atoms with E-state index in [1.54, 1.807) is 20.8 Å². The van der Waals surface area contributed by atoms with Gasteiger partial charge in [-0.2, -0.15) is 0 Å². The highest BCUT2D eigenvalue weighted by Crippen LogP contribution is 2.24. The summed E-state index contributed by atoms with van der Waals surface area (Å²) in [6, 6.07) is 2.61. The van der Waals surface area contributed by atoms with Gasteiger partial charge in [-0.05, 0) is 20.8 Å². The Hall–Kier alpha value is -2.42. The molecule has 1 rings (SSSR count). The SMILES string of the molecule is COc1cc(C#CCCNC(=O)OC(C)(C)C)c(F)cc1N. The second kappa shape index (κ2) is 7.55. The summed E-state index contributed by atoms with van der Waals surface area (Å²) in [5.74, 6) is 5.32. The van der Waals surface area contributed by atoms with Gasteiger partial charge in [0.1, 0.15) is 17.2 Å². The van der Waals surface area contributed by atoms with Gasteiger partial charge in [-0.3, -0.25) is 0 Å². The first kappa shape index (κ1) is 17.6. The van der Waals surface area contributed by atoms with Gasteiger partial charge < -0.3 is 20.5 Å². The van der Waals surface area contributed by atoms with E-state index in [-0.39, 0.29) is 11.3 Å². The first-order chi connectivity index (χ1) is 10.2. The molecule has 0 aliphatic carbocycles. The molecule has 6 heteroatoms. The van der Waals surface area contributed by atoms with E-state index < -0.39 is 17.5 Å². The summed E-state index contributed by atoms with van der Waals surface area (Å²) < 4.78 is 23.8. The van der Waals surface area contributed by atoms with Crippen molar-refractivity contribution in [3.05, 3.63) is 23.5 Å². The summed E-state index contributed by atoms with van der Waals surface area (Å²) in [7, 11) is 1.45. The highest BCUT2D eigenvalue weighted by atomic mass is 19.1. The topological polar surface area (TPSA) is 73.6 Å². The van der Waals surface area contributed by atoms with E-state index >= 15 is 0 Å². The van der Waals surface area contributed by atoms with Gasteiger partial charge in [0.15, 0.2) is 0 Å². The minimum Gasteiger partial charge on any atom is -0.495 e. The molecule has 0 spiro atoms. The van der Waals surface area contributed by atoms with E-state index in [0.29, 0.717) is 18.7 Å². The van der Waals surface area contributed by atoms with Crippen molar-refractivity contribution in [2.75, 3.05) is 19.4 Å². The second-order valence-electron chi connectivity index (χ2n) is 5.55. The Bertz CT molecular complexity index is 598. The number of methoxy groups -OCH3 is 1. The van der Waals surface area contributed by atoms with Gasteiger partial charge in [-0.1, -0.05) is 11.8 Å². The zero-order valence-electron chi connectivity index (χ0n) is 13.2. The maximum Gasteiger partial charge on any atom is 0.407 e. The number of amides is 1. The lowest BCUT2D eigenvalue weighted by Crippen LogP contribution is -2.32. The van der Waals surface area contributed by atoms with Crippen molar-refractivity contribution < 1.29 is 18.7 Å². The van der Waals surface area contributed by atoms with Gasteiger partial charge in [0.2, 0.25) is 0 Å². The highest BCUT2D eigenvalue weighted by Gasteiger charge is 2.15. The molecule has 0 fully saturated rings. The third-order valence-electron chi connectivity index (χ3n) is 2.46. The summed E-state index contributed by atoms with van der Waals surface area (Å²) in [5, 5.41) is 2.57. The summed E-state index contributed by atoms with van der Waals surface area (Å²) >= 11 is 0. The fourth-order valence-corrected chi connectivity index (χ4v) is 1.54. The second-order valence-corrected chi connectivity index (χ2v) is 5.55.